The molecule has 0 radical (unpaired) electrons. The molecule has 2 aromatic heterocycles. The first-order chi connectivity index (χ1) is 11.2. The highest BCUT2D eigenvalue weighted by atomic mass is 16.3. The third-order valence-electron chi connectivity index (χ3n) is 3.46. The van der Waals surface area contributed by atoms with Gasteiger partial charge in [0.2, 0.25) is 0 Å². The molecule has 0 spiro atoms. The fraction of sp³-hybridized carbons (Fsp3) is 0.235. The minimum Gasteiger partial charge on any atom is -0.506 e. The van der Waals surface area contributed by atoms with E-state index < -0.39 is 0 Å². The molecule has 0 saturated carbocycles. The average molecular weight is 308 g/mol. The number of aromatic hydroxyl groups is 1. The summed E-state index contributed by atoms with van der Waals surface area (Å²) in [5.41, 5.74) is 1.78. The summed E-state index contributed by atoms with van der Waals surface area (Å²) >= 11 is 0. The van der Waals surface area contributed by atoms with Crippen LogP contribution in [-0.4, -0.2) is 52.1 Å². The van der Waals surface area contributed by atoms with Gasteiger partial charge < -0.3 is 15.3 Å². The van der Waals surface area contributed by atoms with Gasteiger partial charge in [-0.25, -0.2) is 0 Å². The Bertz CT molecular complexity index is 773. The molecule has 3 heterocycles. The number of pyridine rings is 2. The van der Waals surface area contributed by atoms with Crippen molar-refractivity contribution in [1.82, 2.24) is 20.2 Å². The van der Waals surface area contributed by atoms with Crippen molar-refractivity contribution in [2.24, 2.45) is 0 Å². The van der Waals surface area contributed by atoms with Crippen molar-refractivity contribution in [2.45, 2.75) is 0 Å². The predicted molar refractivity (Wildman–Crippen MR) is 84.9 cm³/mol. The summed E-state index contributed by atoms with van der Waals surface area (Å²) in [7, 11) is 0. The van der Waals surface area contributed by atoms with E-state index in [2.05, 4.69) is 27.1 Å². The monoisotopic (exact) mass is 308 g/mol. The third-order valence-corrected chi connectivity index (χ3v) is 3.46. The van der Waals surface area contributed by atoms with Gasteiger partial charge in [0.05, 0.1) is 11.8 Å². The lowest BCUT2D eigenvalue weighted by atomic mass is 10.1. The summed E-state index contributed by atoms with van der Waals surface area (Å²) in [6.45, 7) is 3.01. The molecule has 3 rings (SSSR count). The number of rotatable bonds is 1. The quantitative estimate of drug-likeness (QED) is 0.756. The molecule has 0 aromatic carbocycles. The van der Waals surface area contributed by atoms with Gasteiger partial charge in [0.15, 0.2) is 0 Å². The molecule has 0 bridgehead atoms. The third kappa shape index (κ3) is 3.84. The Morgan fingerprint density at radius 3 is 2.39 bits per heavy atom. The second-order valence-corrected chi connectivity index (χ2v) is 5.19. The van der Waals surface area contributed by atoms with Crippen LogP contribution in [0.15, 0.2) is 36.9 Å². The van der Waals surface area contributed by atoms with Crippen molar-refractivity contribution >= 4 is 5.91 Å². The van der Waals surface area contributed by atoms with Crippen LogP contribution in [0.1, 0.15) is 21.5 Å². The van der Waals surface area contributed by atoms with Crippen molar-refractivity contribution in [1.29, 1.82) is 0 Å². The second kappa shape index (κ2) is 6.90. The summed E-state index contributed by atoms with van der Waals surface area (Å²) in [4.78, 5) is 22.2. The smallest absolute Gasteiger partial charge is 0.255 e. The molecule has 1 amide bonds. The van der Waals surface area contributed by atoms with Gasteiger partial charge in [0.1, 0.15) is 5.75 Å². The number of piperazine rings is 1. The van der Waals surface area contributed by atoms with Crippen LogP contribution in [0.5, 0.6) is 5.75 Å². The lowest BCUT2D eigenvalue weighted by Crippen LogP contribution is -2.46. The van der Waals surface area contributed by atoms with E-state index in [1.807, 2.05) is 4.90 Å². The largest absolute Gasteiger partial charge is 0.506 e. The van der Waals surface area contributed by atoms with Crippen molar-refractivity contribution in [3.63, 3.8) is 0 Å². The summed E-state index contributed by atoms with van der Waals surface area (Å²) in [6.07, 6.45) is 6.08. The van der Waals surface area contributed by atoms with Gasteiger partial charge in [-0.15, -0.1) is 0 Å². The zero-order valence-corrected chi connectivity index (χ0v) is 12.5. The van der Waals surface area contributed by atoms with E-state index in [0.29, 0.717) is 29.8 Å². The lowest BCUT2D eigenvalue weighted by molar-refractivity contribution is 0.0735. The van der Waals surface area contributed by atoms with Crippen LogP contribution in [0.4, 0.5) is 0 Å². The number of hydrogen-bond donors (Lipinski definition) is 2. The van der Waals surface area contributed by atoms with Crippen molar-refractivity contribution in [3.05, 3.63) is 53.6 Å². The molecule has 2 N–H and O–H groups in total. The second-order valence-electron chi connectivity index (χ2n) is 5.19. The van der Waals surface area contributed by atoms with Crippen molar-refractivity contribution in [2.75, 3.05) is 26.2 Å². The topological polar surface area (TPSA) is 78.3 Å². The molecule has 23 heavy (non-hydrogen) atoms. The van der Waals surface area contributed by atoms with Gasteiger partial charge in [-0.1, -0.05) is 11.8 Å². The Labute approximate surface area is 134 Å². The number of amides is 1. The van der Waals surface area contributed by atoms with Gasteiger partial charge in [0.25, 0.3) is 5.91 Å². The molecular weight excluding hydrogens is 292 g/mol. The Hall–Kier alpha value is -2.91. The van der Waals surface area contributed by atoms with Crippen LogP contribution in [0.25, 0.3) is 0 Å². The van der Waals surface area contributed by atoms with Crippen LogP contribution in [0.2, 0.25) is 0 Å². The zero-order chi connectivity index (χ0) is 16.1. The molecule has 1 fully saturated rings. The fourth-order valence-corrected chi connectivity index (χ4v) is 2.32. The molecule has 1 aliphatic rings. The zero-order valence-electron chi connectivity index (χ0n) is 12.5. The predicted octanol–water partition coefficient (Wildman–Crippen LogP) is 0.627. The maximum absolute atomic E-state index is 12.4. The number of aromatic nitrogens is 2. The standard InChI is InChI=1S/C17H16N4O2/c22-16-8-14(10-20-12-16)2-1-13-7-15(11-19-9-13)17(23)21-5-3-18-4-6-21/h7-12,18,22H,3-6H2. The average Bonchev–Trinajstić information content (AvgIpc) is 2.60. The van der Waals surface area contributed by atoms with E-state index in [1.54, 1.807) is 24.7 Å². The van der Waals surface area contributed by atoms with E-state index in [9.17, 15) is 9.90 Å². The molecule has 0 atom stereocenters. The Balaban J connectivity index is 1.79. The van der Waals surface area contributed by atoms with Crippen LogP contribution in [-0.2, 0) is 0 Å². The maximum atomic E-state index is 12.4. The van der Waals surface area contributed by atoms with E-state index in [0.717, 1.165) is 13.1 Å². The molecule has 1 aliphatic heterocycles. The first-order valence-electron chi connectivity index (χ1n) is 7.33. The highest BCUT2D eigenvalue weighted by Crippen LogP contribution is 2.09. The maximum Gasteiger partial charge on any atom is 0.255 e. The molecule has 116 valence electrons. The summed E-state index contributed by atoms with van der Waals surface area (Å²) in [5, 5.41) is 12.6. The van der Waals surface area contributed by atoms with Crippen LogP contribution in [0.3, 0.4) is 0 Å². The van der Waals surface area contributed by atoms with Gasteiger partial charge in [0, 0.05) is 55.9 Å². The minimum absolute atomic E-state index is 0.0262. The number of carbonyl (C=O) groups is 1. The molecule has 0 unspecified atom stereocenters. The van der Waals surface area contributed by atoms with Crippen LogP contribution in [0, 0.1) is 11.8 Å². The molecule has 2 aromatic rings. The van der Waals surface area contributed by atoms with Crippen LogP contribution < -0.4 is 5.32 Å². The Kier molecular flexibility index (Phi) is 4.50. The fourth-order valence-electron chi connectivity index (χ4n) is 2.32. The molecule has 0 aliphatic carbocycles. The number of nitrogens with zero attached hydrogens (tertiary/aromatic N) is 3. The minimum atomic E-state index is -0.0262. The van der Waals surface area contributed by atoms with E-state index in [1.165, 1.54) is 12.3 Å². The van der Waals surface area contributed by atoms with Crippen molar-refractivity contribution < 1.29 is 9.90 Å². The SMILES string of the molecule is O=C(c1cncc(C#Cc2cncc(O)c2)c1)N1CCNCC1. The summed E-state index contributed by atoms with van der Waals surface area (Å²) < 4.78 is 0. The van der Waals surface area contributed by atoms with Crippen LogP contribution >= 0.6 is 0 Å². The highest BCUT2D eigenvalue weighted by molar-refractivity contribution is 5.94. The number of carbonyl (C=O) groups excluding carboxylic acids is 1. The first-order valence-corrected chi connectivity index (χ1v) is 7.33. The van der Waals surface area contributed by atoms with Crippen molar-refractivity contribution in [3.8, 4) is 17.6 Å². The van der Waals surface area contributed by atoms with Gasteiger partial charge in [-0.2, -0.15) is 0 Å². The highest BCUT2D eigenvalue weighted by Gasteiger charge is 2.18. The first kappa shape index (κ1) is 15.0. The summed E-state index contributed by atoms with van der Waals surface area (Å²) in [6, 6.07) is 3.27. The lowest BCUT2D eigenvalue weighted by Gasteiger charge is -2.27. The molecular formula is C17H16N4O2. The normalized spacial score (nSPS) is 14.0. The molecule has 6 nitrogen and oxygen atoms in total. The van der Waals surface area contributed by atoms with Gasteiger partial charge in [-0.3, -0.25) is 14.8 Å². The van der Waals surface area contributed by atoms with E-state index >= 15 is 0 Å². The van der Waals surface area contributed by atoms with E-state index in [-0.39, 0.29) is 11.7 Å². The Morgan fingerprint density at radius 1 is 1.04 bits per heavy atom. The molecule has 1 saturated heterocycles. The summed E-state index contributed by atoms with van der Waals surface area (Å²) in [5.74, 6) is 5.88. The number of nitrogens with one attached hydrogen (secondary N) is 1. The molecule has 6 heteroatoms. The van der Waals surface area contributed by atoms with Gasteiger partial charge >= 0.3 is 0 Å². The van der Waals surface area contributed by atoms with Gasteiger partial charge in [-0.05, 0) is 12.1 Å². The number of hydrogen-bond acceptors (Lipinski definition) is 5. The Morgan fingerprint density at radius 2 is 1.70 bits per heavy atom. The van der Waals surface area contributed by atoms with E-state index in [4.69, 9.17) is 0 Å².